The van der Waals surface area contributed by atoms with Gasteiger partial charge < -0.3 is 10.1 Å². The Morgan fingerprint density at radius 3 is 2.93 bits per heavy atom. The first-order valence-corrected chi connectivity index (χ1v) is 9.81. The molecular formula is C21H21N3O2S. The minimum Gasteiger partial charge on any atom is -0.488 e. The summed E-state index contributed by atoms with van der Waals surface area (Å²) in [4.78, 5) is 22.1. The predicted octanol–water partition coefficient (Wildman–Crippen LogP) is 3.86. The van der Waals surface area contributed by atoms with Gasteiger partial charge in [-0.15, -0.1) is 11.3 Å². The van der Waals surface area contributed by atoms with Gasteiger partial charge in [-0.2, -0.15) is 0 Å². The Bertz CT molecular complexity index is 1010. The predicted molar refractivity (Wildman–Crippen MR) is 106 cm³/mol. The SMILES string of the molecule is Cc1cnc(C)c(-c2ccc3c(c2)CC(CNC(=O)c2sccc2C)O3)n1. The topological polar surface area (TPSA) is 64.1 Å². The monoisotopic (exact) mass is 379 g/mol. The number of aryl methyl sites for hydroxylation is 3. The lowest BCUT2D eigenvalue weighted by Gasteiger charge is -2.11. The van der Waals surface area contributed by atoms with Gasteiger partial charge in [0.05, 0.1) is 28.5 Å². The van der Waals surface area contributed by atoms with Gasteiger partial charge in [-0.3, -0.25) is 9.78 Å². The van der Waals surface area contributed by atoms with E-state index in [4.69, 9.17) is 4.74 Å². The van der Waals surface area contributed by atoms with Crippen LogP contribution < -0.4 is 10.1 Å². The second kappa shape index (κ2) is 7.12. The summed E-state index contributed by atoms with van der Waals surface area (Å²) in [5, 5.41) is 4.92. The number of ether oxygens (including phenoxy) is 1. The zero-order chi connectivity index (χ0) is 19.0. The summed E-state index contributed by atoms with van der Waals surface area (Å²) in [6, 6.07) is 8.08. The van der Waals surface area contributed by atoms with E-state index in [0.717, 1.165) is 50.8 Å². The molecule has 0 fully saturated rings. The Kier molecular flexibility index (Phi) is 4.66. The number of nitrogens with zero attached hydrogens (tertiary/aromatic N) is 2. The average molecular weight is 379 g/mol. The highest BCUT2D eigenvalue weighted by atomic mass is 32.1. The molecule has 0 aliphatic carbocycles. The fraction of sp³-hybridized carbons (Fsp3) is 0.286. The molecule has 1 aliphatic rings. The largest absolute Gasteiger partial charge is 0.488 e. The van der Waals surface area contributed by atoms with Crippen molar-refractivity contribution >= 4 is 17.2 Å². The van der Waals surface area contributed by atoms with E-state index in [9.17, 15) is 4.79 Å². The fourth-order valence-electron chi connectivity index (χ4n) is 3.28. The van der Waals surface area contributed by atoms with Gasteiger partial charge in [-0.1, -0.05) is 0 Å². The molecule has 0 saturated heterocycles. The molecule has 5 nitrogen and oxygen atoms in total. The van der Waals surface area contributed by atoms with E-state index < -0.39 is 0 Å². The summed E-state index contributed by atoms with van der Waals surface area (Å²) in [5.41, 5.74) is 5.91. The Morgan fingerprint density at radius 2 is 2.15 bits per heavy atom. The van der Waals surface area contributed by atoms with Crippen molar-refractivity contribution in [1.82, 2.24) is 15.3 Å². The molecule has 4 rings (SSSR count). The lowest BCUT2D eigenvalue weighted by Crippen LogP contribution is -2.34. The smallest absolute Gasteiger partial charge is 0.261 e. The van der Waals surface area contributed by atoms with Crippen molar-refractivity contribution in [1.29, 1.82) is 0 Å². The van der Waals surface area contributed by atoms with Crippen molar-refractivity contribution in [2.45, 2.75) is 33.3 Å². The van der Waals surface area contributed by atoms with Crippen LogP contribution in [0.1, 0.15) is 32.2 Å². The standard InChI is InChI=1S/C21H21N3O2S/c1-12-6-7-27-20(12)21(25)23-11-17-9-16-8-15(4-5-18(16)26-17)19-14(3)22-10-13(2)24-19/h4-8,10,17H,9,11H2,1-3H3,(H,23,25). The van der Waals surface area contributed by atoms with Crippen LogP contribution >= 0.6 is 11.3 Å². The zero-order valence-corrected chi connectivity index (χ0v) is 16.4. The molecule has 3 aromatic rings. The van der Waals surface area contributed by atoms with Crippen molar-refractivity contribution in [3.63, 3.8) is 0 Å². The van der Waals surface area contributed by atoms with Crippen LogP contribution in [-0.2, 0) is 6.42 Å². The van der Waals surface area contributed by atoms with E-state index >= 15 is 0 Å². The van der Waals surface area contributed by atoms with Crippen LogP contribution in [-0.4, -0.2) is 28.5 Å². The molecule has 1 amide bonds. The summed E-state index contributed by atoms with van der Waals surface area (Å²) in [6.07, 6.45) is 2.50. The number of carbonyl (C=O) groups excluding carboxylic acids is 1. The van der Waals surface area contributed by atoms with Gasteiger partial charge >= 0.3 is 0 Å². The number of hydrogen-bond donors (Lipinski definition) is 1. The van der Waals surface area contributed by atoms with Gasteiger partial charge in [0.2, 0.25) is 0 Å². The van der Waals surface area contributed by atoms with Gasteiger partial charge in [0.25, 0.3) is 5.91 Å². The first kappa shape index (κ1) is 17.7. The fourth-order valence-corrected chi connectivity index (χ4v) is 4.13. The normalized spacial score (nSPS) is 15.3. The van der Waals surface area contributed by atoms with E-state index in [1.165, 1.54) is 11.3 Å². The van der Waals surface area contributed by atoms with E-state index in [1.807, 2.05) is 44.4 Å². The van der Waals surface area contributed by atoms with Crippen LogP contribution in [0.2, 0.25) is 0 Å². The minimum absolute atomic E-state index is 0.0339. The Balaban J connectivity index is 1.45. The van der Waals surface area contributed by atoms with Crippen molar-refractivity contribution in [3.05, 3.63) is 63.2 Å². The highest BCUT2D eigenvalue weighted by Crippen LogP contribution is 2.33. The highest BCUT2D eigenvalue weighted by molar-refractivity contribution is 7.12. The number of aromatic nitrogens is 2. The van der Waals surface area contributed by atoms with Crippen LogP contribution in [0.25, 0.3) is 11.3 Å². The number of amides is 1. The molecule has 1 aliphatic heterocycles. The quantitative estimate of drug-likeness (QED) is 0.748. The second-order valence-electron chi connectivity index (χ2n) is 6.85. The molecule has 138 valence electrons. The number of thiophene rings is 1. The molecule has 1 N–H and O–H groups in total. The third kappa shape index (κ3) is 3.57. The average Bonchev–Trinajstić information content (AvgIpc) is 3.26. The summed E-state index contributed by atoms with van der Waals surface area (Å²) in [5.74, 6) is 0.844. The molecule has 0 saturated carbocycles. The van der Waals surface area contributed by atoms with Crippen LogP contribution in [0.4, 0.5) is 0 Å². The van der Waals surface area contributed by atoms with Gasteiger partial charge in [0, 0.05) is 18.2 Å². The number of hydrogen-bond acceptors (Lipinski definition) is 5. The van der Waals surface area contributed by atoms with E-state index in [-0.39, 0.29) is 12.0 Å². The second-order valence-corrected chi connectivity index (χ2v) is 7.77. The van der Waals surface area contributed by atoms with Gasteiger partial charge in [-0.25, -0.2) is 4.98 Å². The Morgan fingerprint density at radius 1 is 1.30 bits per heavy atom. The number of fused-ring (bicyclic) bond motifs is 1. The van der Waals surface area contributed by atoms with Crippen molar-refractivity contribution in [2.24, 2.45) is 0 Å². The highest BCUT2D eigenvalue weighted by Gasteiger charge is 2.24. The number of rotatable bonds is 4. The van der Waals surface area contributed by atoms with E-state index in [0.29, 0.717) is 6.54 Å². The third-order valence-electron chi connectivity index (χ3n) is 4.71. The maximum Gasteiger partial charge on any atom is 0.261 e. The summed E-state index contributed by atoms with van der Waals surface area (Å²) in [7, 11) is 0. The first-order valence-electron chi connectivity index (χ1n) is 8.94. The zero-order valence-electron chi connectivity index (χ0n) is 15.6. The summed E-state index contributed by atoms with van der Waals surface area (Å²) >= 11 is 1.46. The molecule has 2 aromatic heterocycles. The molecule has 1 unspecified atom stereocenters. The van der Waals surface area contributed by atoms with Crippen molar-refractivity contribution < 1.29 is 9.53 Å². The number of carbonyl (C=O) groups is 1. The molecule has 3 heterocycles. The number of benzene rings is 1. The Hall–Kier alpha value is -2.73. The maximum atomic E-state index is 12.3. The summed E-state index contributed by atoms with van der Waals surface area (Å²) in [6.45, 7) is 6.35. The van der Waals surface area contributed by atoms with E-state index in [1.54, 1.807) is 6.20 Å². The molecule has 0 radical (unpaired) electrons. The van der Waals surface area contributed by atoms with Crippen molar-refractivity contribution in [2.75, 3.05) is 6.54 Å². The van der Waals surface area contributed by atoms with Crippen LogP contribution in [0.5, 0.6) is 5.75 Å². The maximum absolute atomic E-state index is 12.3. The molecule has 1 atom stereocenters. The summed E-state index contributed by atoms with van der Waals surface area (Å²) < 4.78 is 6.00. The Labute approximate surface area is 162 Å². The minimum atomic E-state index is -0.0517. The lowest BCUT2D eigenvalue weighted by molar-refractivity contribution is 0.0937. The van der Waals surface area contributed by atoms with Gasteiger partial charge in [0.1, 0.15) is 11.9 Å². The molecular weight excluding hydrogens is 358 g/mol. The first-order chi connectivity index (χ1) is 13.0. The van der Waals surface area contributed by atoms with Crippen LogP contribution in [0.3, 0.4) is 0 Å². The lowest BCUT2D eigenvalue weighted by atomic mass is 10.0. The van der Waals surface area contributed by atoms with Crippen LogP contribution in [0, 0.1) is 20.8 Å². The molecule has 6 heteroatoms. The molecule has 0 bridgehead atoms. The van der Waals surface area contributed by atoms with Gasteiger partial charge in [0.15, 0.2) is 0 Å². The molecule has 27 heavy (non-hydrogen) atoms. The molecule has 0 spiro atoms. The number of nitrogens with one attached hydrogen (secondary N) is 1. The molecule has 1 aromatic carbocycles. The van der Waals surface area contributed by atoms with Crippen LogP contribution in [0.15, 0.2) is 35.8 Å². The van der Waals surface area contributed by atoms with Crippen molar-refractivity contribution in [3.8, 4) is 17.0 Å². The van der Waals surface area contributed by atoms with Gasteiger partial charge in [-0.05, 0) is 61.5 Å². The van der Waals surface area contributed by atoms with E-state index in [2.05, 4.69) is 21.4 Å². The third-order valence-corrected chi connectivity index (χ3v) is 5.72.